The van der Waals surface area contributed by atoms with Crippen LogP contribution in [0.25, 0.3) is 0 Å². The summed E-state index contributed by atoms with van der Waals surface area (Å²) in [7, 11) is 3.26. The zero-order chi connectivity index (χ0) is 19.2. The molecule has 1 aliphatic heterocycles. The molecule has 0 amide bonds. The number of hydrogen-bond acceptors (Lipinski definition) is 6. The van der Waals surface area contributed by atoms with Gasteiger partial charge in [-0.3, -0.25) is 4.90 Å². The molecule has 146 valence electrons. The normalized spacial score (nSPS) is 20.3. The summed E-state index contributed by atoms with van der Waals surface area (Å²) in [6.45, 7) is 7.31. The predicted molar refractivity (Wildman–Crippen MR) is 103 cm³/mol. The Morgan fingerprint density at radius 2 is 1.85 bits per heavy atom. The van der Waals surface area contributed by atoms with E-state index in [1.165, 1.54) is 5.56 Å². The van der Waals surface area contributed by atoms with Crippen LogP contribution in [0.4, 0.5) is 0 Å². The highest BCUT2D eigenvalue weighted by molar-refractivity contribution is 5.43. The van der Waals surface area contributed by atoms with E-state index in [1.807, 2.05) is 24.3 Å². The minimum atomic E-state index is 0.251. The van der Waals surface area contributed by atoms with Gasteiger partial charge in [-0.25, -0.2) is 4.98 Å². The van der Waals surface area contributed by atoms with Crippen LogP contribution in [0, 0.1) is 0 Å². The fraction of sp³-hybridized carbons (Fsp3) is 0.476. The largest absolute Gasteiger partial charge is 0.493 e. The van der Waals surface area contributed by atoms with Gasteiger partial charge >= 0.3 is 0 Å². The number of morpholine rings is 1. The summed E-state index contributed by atoms with van der Waals surface area (Å²) >= 11 is 0. The van der Waals surface area contributed by atoms with Gasteiger partial charge in [-0.15, -0.1) is 0 Å². The van der Waals surface area contributed by atoms with Gasteiger partial charge in [-0.05, 0) is 43.7 Å². The van der Waals surface area contributed by atoms with Crippen LogP contribution in [0.5, 0.6) is 17.4 Å². The average molecular weight is 372 g/mol. The van der Waals surface area contributed by atoms with Gasteiger partial charge in [0.05, 0.1) is 32.0 Å². The van der Waals surface area contributed by atoms with Gasteiger partial charge in [0, 0.05) is 25.8 Å². The number of benzene rings is 1. The van der Waals surface area contributed by atoms with Crippen molar-refractivity contribution in [3.63, 3.8) is 0 Å². The zero-order valence-electron chi connectivity index (χ0n) is 16.5. The number of nitrogens with zero attached hydrogens (tertiary/aromatic N) is 2. The van der Waals surface area contributed by atoms with Crippen LogP contribution in [0.15, 0.2) is 36.5 Å². The Morgan fingerprint density at radius 1 is 1.07 bits per heavy atom. The molecule has 1 saturated heterocycles. The van der Waals surface area contributed by atoms with Gasteiger partial charge in [0.1, 0.15) is 6.61 Å². The smallest absolute Gasteiger partial charge is 0.219 e. The summed E-state index contributed by atoms with van der Waals surface area (Å²) in [4.78, 5) is 6.62. The number of pyridine rings is 1. The summed E-state index contributed by atoms with van der Waals surface area (Å²) < 4.78 is 22.6. The summed E-state index contributed by atoms with van der Waals surface area (Å²) in [6, 6.07) is 9.90. The number of rotatable bonds is 7. The van der Waals surface area contributed by atoms with E-state index in [-0.39, 0.29) is 12.2 Å². The first-order chi connectivity index (χ1) is 13.1. The number of methoxy groups -OCH3 is 2. The Hall–Kier alpha value is -2.31. The molecular weight excluding hydrogens is 344 g/mol. The Kier molecular flexibility index (Phi) is 6.53. The second kappa shape index (κ2) is 9.06. The predicted octanol–water partition coefficient (Wildman–Crippen LogP) is 3.29. The van der Waals surface area contributed by atoms with Crippen LogP contribution in [-0.4, -0.2) is 49.4 Å². The molecule has 2 aromatic rings. The lowest BCUT2D eigenvalue weighted by molar-refractivity contribution is -0.0705. The molecule has 3 rings (SSSR count). The molecule has 0 radical (unpaired) electrons. The molecule has 27 heavy (non-hydrogen) atoms. The molecule has 2 atom stereocenters. The molecule has 0 unspecified atom stereocenters. The maximum absolute atomic E-state index is 6.04. The molecular formula is C21H28N2O4. The summed E-state index contributed by atoms with van der Waals surface area (Å²) in [5, 5.41) is 0. The lowest BCUT2D eigenvalue weighted by Gasteiger charge is -2.35. The molecule has 1 aromatic carbocycles. The molecule has 1 aliphatic rings. The van der Waals surface area contributed by atoms with Gasteiger partial charge in [-0.1, -0.05) is 6.07 Å². The van der Waals surface area contributed by atoms with Crippen LogP contribution >= 0.6 is 0 Å². The van der Waals surface area contributed by atoms with Gasteiger partial charge in [0.2, 0.25) is 5.88 Å². The number of aromatic nitrogens is 1. The fourth-order valence-corrected chi connectivity index (χ4v) is 3.48. The van der Waals surface area contributed by atoms with Crippen molar-refractivity contribution in [2.75, 3.05) is 27.3 Å². The highest BCUT2D eigenvalue weighted by Gasteiger charge is 2.22. The third-order valence-corrected chi connectivity index (χ3v) is 4.56. The zero-order valence-corrected chi connectivity index (χ0v) is 16.5. The summed E-state index contributed by atoms with van der Waals surface area (Å²) in [6.07, 6.45) is 2.20. The van der Waals surface area contributed by atoms with E-state index in [0.717, 1.165) is 30.9 Å². The number of hydrogen-bond donors (Lipinski definition) is 0. The monoisotopic (exact) mass is 372 g/mol. The molecule has 0 spiro atoms. The summed E-state index contributed by atoms with van der Waals surface area (Å²) in [5.74, 6) is 2.00. The standard InChI is InChI=1S/C21H28N2O4/c1-15-11-23(12-16(2)27-15)13-17-7-8-19(24-3)20(10-17)26-14-18-6-5-9-22-21(18)25-4/h5-10,15-16H,11-14H2,1-4H3/t15-,16+. The Morgan fingerprint density at radius 3 is 2.56 bits per heavy atom. The molecule has 6 nitrogen and oxygen atoms in total. The van der Waals surface area contributed by atoms with Crippen molar-refractivity contribution in [2.45, 2.75) is 39.2 Å². The van der Waals surface area contributed by atoms with Crippen LogP contribution in [0.1, 0.15) is 25.0 Å². The van der Waals surface area contributed by atoms with Crippen molar-refractivity contribution in [1.82, 2.24) is 9.88 Å². The van der Waals surface area contributed by atoms with E-state index in [4.69, 9.17) is 18.9 Å². The molecule has 2 heterocycles. The third kappa shape index (κ3) is 5.11. The molecule has 0 saturated carbocycles. The van der Waals surface area contributed by atoms with E-state index in [9.17, 15) is 0 Å². The number of ether oxygens (including phenoxy) is 4. The highest BCUT2D eigenvalue weighted by Crippen LogP contribution is 2.30. The lowest BCUT2D eigenvalue weighted by Crippen LogP contribution is -2.44. The Labute approximate surface area is 161 Å². The van der Waals surface area contributed by atoms with E-state index in [2.05, 4.69) is 29.8 Å². The van der Waals surface area contributed by atoms with E-state index < -0.39 is 0 Å². The van der Waals surface area contributed by atoms with Gasteiger partial charge < -0.3 is 18.9 Å². The SMILES string of the molecule is COc1ccc(CN2C[C@@H](C)O[C@@H](C)C2)cc1OCc1cccnc1OC. The second-order valence-corrected chi connectivity index (χ2v) is 6.90. The van der Waals surface area contributed by atoms with Crippen molar-refractivity contribution in [3.05, 3.63) is 47.7 Å². The van der Waals surface area contributed by atoms with Crippen molar-refractivity contribution in [2.24, 2.45) is 0 Å². The maximum Gasteiger partial charge on any atom is 0.219 e. The lowest BCUT2D eigenvalue weighted by atomic mass is 10.1. The molecule has 0 N–H and O–H groups in total. The van der Waals surface area contributed by atoms with E-state index in [1.54, 1.807) is 20.4 Å². The van der Waals surface area contributed by atoms with Crippen LogP contribution < -0.4 is 14.2 Å². The summed E-state index contributed by atoms with van der Waals surface area (Å²) in [5.41, 5.74) is 2.08. The van der Waals surface area contributed by atoms with Crippen LogP contribution in [-0.2, 0) is 17.9 Å². The molecule has 1 fully saturated rings. The van der Waals surface area contributed by atoms with Gasteiger partial charge in [-0.2, -0.15) is 0 Å². The quantitative estimate of drug-likeness (QED) is 0.743. The van der Waals surface area contributed by atoms with Crippen molar-refractivity contribution < 1.29 is 18.9 Å². The maximum atomic E-state index is 6.04. The first kappa shape index (κ1) is 19.5. The Bertz CT molecular complexity index is 743. The molecule has 6 heteroatoms. The van der Waals surface area contributed by atoms with E-state index >= 15 is 0 Å². The first-order valence-corrected chi connectivity index (χ1v) is 9.24. The first-order valence-electron chi connectivity index (χ1n) is 9.24. The topological polar surface area (TPSA) is 53.1 Å². The third-order valence-electron chi connectivity index (χ3n) is 4.56. The fourth-order valence-electron chi connectivity index (χ4n) is 3.48. The minimum Gasteiger partial charge on any atom is -0.493 e. The van der Waals surface area contributed by atoms with Gasteiger partial charge in [0.25, 0.3) is 0 Å². The van der Waals surface area contributed by atoms with Crippen molar-refractivity contribution in [1.29, 1.82) is 0 Å². The van der Waals surface area contributed by atoms with Crippen molar-refractivity contribution in [3.8, 4) is 17.4 Å². The molecule has 0 bridgehead atoms. The molecule has 0 aliphatic carbocycles. The van der Waals surface area contributed by atoms with E-state index in [0.29, 0.717) is 18.2 Å². The Balaban J connectivity index is 1.71. The van der Waals surface area contributed by atoms with Gasteiger partial charge in [0.15, 0.2) is 11.5 Å². The van der Waals surface area contributed by atoms with Crippen LogP contribution in [0.3, 0.4) is 0 Å². The minimum absolute atomic E-state index is 0.251. The molecule has 1 aromatic heterocycles. The van der Waals surface area contributed by atoms with Crippen LogP contribution in [0.2, 0.25) is 0 Å². The second-order valence-electron chi connectivity index (χ2n) is 6.90. The average Bonchev–Trinajstić information content (AvgIpc) is 2.66. The van der Waals surface area contributed by atoms with Crippen molar-refractivity contribution >= 4 is 0 Å². The highest BCUT2D eigenvalue weighted by atomic mass is 16.5.